The first kappa shape index (κ1) is 15.3. The number of benzene rings is 1. The number of carbonyl (C=O) groups excluding carboxylic acids is 1. The number of amides is 1. The number of nitrogens with one attached hydrogen (secondary N) is 1. The number of hydrogen-bond acceptors (Lipinski definition) is 1. The van der Waals surface area contributed by atoms with Crippen LogP contribution < -0.4 is 5.32 Å². The Balaban J connectivity index is 0.00000106. The highest BCUT2D eigenvalue weighted by Gasteiger charge is 2.11. The van der Waals surface area contributed by atoms with Gasteiger partial charge in [0, 0.05) is 11.1 Å². The standard InChI is InChI=1S/C10H11Cl2NO.C2H6/c1-6(2)13-10(14)8-5-7(11)3-4-9(8)12;1-2/h3-6H,1-2H3,(H,13,14);1-2H3. The molecule has 0 aliphatic rings. The van der Waals surface area contributed by atoms with Crippen LogP contribution in [0.2, 0.25) is 10.0 Å². The first-order valence-corrected chi connectivity index (χ1v) is 6.02. The molecule has 0 aliphatic carbocycles. The second-order valence-electron chi connectivity index (χ2n) is 3.25. The fraction of sp³-hybridized carbons (Fsp3) is 0.417. The Morgan fingerprint density at radius 2 is 1.81 bits per heavy atom. The molecule has 1 N–H and O–H groups in total. The molecule has 0 spiro atoms. The average Bonchev–Trinajstić information content (AvgIpc) is 2.23. The van der Waals surface area contributed by atoms with E-state index in [1.165, 1.54) is 0 Å². The zero-order chi connectivity index (χ0) is 12.7. The van der Waals surface area contributed by atoms with Gasteiger partial charge in [-0.1, -0.05) is 37.0 Å². The summed E-state index contributed by atoms with van der Waals surface area (Å²) in [6.07, 6.45) is 0. The maximum Gasteiger partial charge on any atom is 0.253 e. The van der Waals surface area contributed by atoms with E-state index in [9.17, 15) is 4.79 Å². The lowest BCUT2D eigenvalue weighted by atomic mass is 10.2. The van der Waals surface area contributed by atoms with Gasteiger partial charge < -0.3 is 5.32 Å². The number of hydrogen-bond donors (Lipinski definition) is 1. The minimum atomic E-state index is -0.201. The van der Waals surface area contributed by atoms with Gasteiger partial charge in [-0.3, -0.25) is 4.79 Å². The number of halogens is 2. The molecule has 0 fully saturated rings. The largest absolute Gasteiger partial charge is 0.350 e. The van der Waals surface area contributed by atoms with Crippen molar-refractivity contribution in [1.82, 2.24) is 5.32 Å². The van der Waals surface area contributed by atoms with Crippen molar-refractivity contribution < 1.29 is 4.79 Å². The lowest BCUT2D eigenvalue weighted by molar-refractivity contribution is 0.0943. The second-order valence-corrected chi connectivity index (χ2v) is 4.10. The molecule has 0 saturated heterocycles. The summed E-state index contributed by atoms with van der Waals surface area (Å²) in [4.78, 5) is 11.6. The van der Waals surface area contributed by atoms with Crippen LogP contribution in [0, 0.1) is 0 Å². The van der Waals surface area contributed by atoms with Crippen LogP contribution in [0.5, 0.6) is 0 Å². The molecule has 2 nitrogen and oxygen atoms in total. The molecule has 0 aromatic heterocycles. The molecular weight excluding hydrogens is 245 g/mol. The van der Waals surface area contributed by atoms with Crippen molar-refractivity contribution in [2.75, 3.05) is 0 Å². The molecule has 0 saturated carbocycles. The van der Waals surface area contributed by atoms with Crippen LogP contribution >= 0.6 is 23.2 Å². The Kier molecular flexibility index (Phi) is 7.18. The number of carbonyl (C=O) groups is 1. The van der Waals surface area contributed by atoms with Gasteiger partial charge in [-0.15, -0.1) is 0 Å². The Morgan fingerprint density at radius 1 is 1.25 bits per heavy atom. The maximum atomic E-state index is 11.6. The van der Waals surface area contributed by atoms with Crippen LogP contribution in [-0.2, 0) is 0 Å². The number of rotatable bonds is 2. The van der Waals surface area contributed by atoms with Crippen LogP contribution in [0.1, 0.15) is 38.1 Å². The summed E-state index contributed by atoms with van der Waals surface area (Å²) in [5, 5.41) is 3.66. The molecule has 0 atom stereocenters. The molecule has 1 rings (SSSR count). The van der Waals surface area contributed by atoms with Gasteiger partial charge >= 0.3 is 0 Å². The molecule has 1 amide bonds. The molecule has 4 heteroatoms. The average molecular weight is 262 g/mol. The van der Waals surface area contributed by atoms with Gasteiger partial charge in [-0.05, 0) is 32.0 Å². The first-order chi connectivity index (χ1) is 7.50. The lowest BCUT2D eigenvalue weighted by Gasteiger charge is -2.09. The minimum absolute atomic E-state index is 0.0811. The summed E-state index contributed by atoms with van der Waals surface area (Å²) in [6.45, 7) is 7.77. The van der Waals surface area contributed by atoms with Crippen molar-refractivity contribution >= 4 is 29.1 Å². The molecule has 0 heterocycles. The zero-order valence-electron chi connectivity index (χ0n) is 9.97. The van der Waals surface area contributed by atoms with E-state index in [2.05, 4.69) is 5.32 Å². The highest BCUT2D eigenvalue weighted by Crippen LogP contribution is 2.20. The first-order valence-electron chi connectivity index (χ1n) is 5.26. The summed E-state index contributed by atoms with van der Waals surface area (Å²) in [5.41, 5.74) is 0.410. The van der Waals surface area contributed by atoms with Crippen molar-refractivity contribution in [2.24, 2.45) is 0 Å². The predicted octanol–water partition coefficient (Wildman–Crippen LogP) is 4.16. The molecule has 1 aromatic carbocycles. The second kappa shape index (κ2) is 7.53. The molecule has 16 heavy (non-hydrogen) atoms. The Bertz CT molecular complexity index is 351. The van der Waals surface area contributed by atoms with Gasteiger partial charge in [-0.2, -0.15) is 0 Å². The van der Waals surface area contributed by atoms with E-state index in [0.717, 1.165) is 0 Å². The van der Waals surface area contributed by atoms with Gasteiger partial charge in [0.15, 0.2) is 0 Å². The predicted molar refractivity (Wildman–Crippen MR) is 70.4 cm³/mol. The molecule has 0 bridgehead atoms. The Labute approximate surface area is 107 Å². The van der Waals surface area contributed by atoms with Crippen molar-refractivity contribution in [2.45, 2.75) is 33.7 Å². The van der Waals surface area contributed by atoms with Crippen LogP contribution in [-0.4, -0.2) is 11.9 Å². The van der Waals surface area contributed by atoms with E-state index in [1.54, 1.807) is 18.2 Å². The van der Waals surface area contributed by atoms with Crippen molar-refractivity contribution in [3.8, 4) is 0 Å². The lowest BCUT2D eigenvalue weighted by Crippen LogP contribution is -2.30. The third kappa shape index (κ3) is 4.86. The van der Waals surface area contributed by atoms with E-state index >= 15 is 0 Å². The summed E-state index contributed by atoms with van der Waals surface area (Å²) < 4.78 is 0. The van der Waals surface area contributed by atoms with E-state index in [-0.39, 0.29) is 11.9 Å². The van der Waals surface area contributed by atoms with Crippen molar-refractivity contribution in [3.63, 3.8) is 0 Å². The highest BCUT2D eigenvalue weighted by atomic mass is 35.5. The van der Waals surface area contributed by atoms with Crippen LogP contribution in [0.3, 0.4) is 0 Å². The topological polar surface area (TPSA) is 29.1 Å². The van der Waals surface area contributed by atoms with Crippen molar-refractivity contribution in [3.05, 3.63) is 33.8 Å². The maximum absolute atomic E-state index is 11.6. The van der Waals surface area contributed by atoms with Gasteiger partial charge in [0.1, 0.15) is 0 Å². The third-order valence-electron chi connectivity index (χ3n) is 1.59. The van der Waals surface area contributed by atoms with Gasteiger partial charge in [0.05, 0.1) is 10.6 Å². The molecule has 1 aromatic rings. The minimum Gasteiger partial charge on any atom is -0.350 e. The van der Waals surface area contributed by atoms with E-state index in [0.29, 0.717) is 15.6 Å². The highest BCUT2D eigenvalue weighted by molar-refractivity contribution is 6.35. The smallest absolute Gasteiger partial charge is 0.253 e. The Hall–Kier alpha value is -0.730. The molecule has 90 valence electrons. The SMILES string of the molecule is CC.CC(C)NC(=O)c1cc(Cl)ccc1Cl. The van der Waals surface area contributed by atoms with Crippen molar-refractivity contribution in [1.29, 1.82) is 0 Å². The summed E-state index contributed by atoms with van der Waals surface area (Å²) in [7, 11) is 0. The van der Waals surface area contributed by atoms with E-state index in [1.807, 2.05) is 27.7 Å². The van der Waals surface area contributed by atoms with Gasteiger partial charge in [0.2, 0.25) is 0 Å². The van der Waals surface area contributed by atoms with Crippen LogP contribution in [0.15, 0.2) is 18.2 Å². The third-order valence-corrected chi connectivity index (χ3v) is 2.16. The molecule has 0 unspecified atom stereocenters. The van der Waals surface area contributed by atoms with Gasteiger partial charge in [0.25, 0.3) is 5.91 Å². The fourth-order valence-corrected chi connectivity index (χ4v) is 1.39. The normalized spacial score (nSPS) is 9.44. The molecular formula is C12H17Cl2NO. The quantitative estimate of drug-likeness (QED) is 0.851. The summed E-state index contributed by atoms with van der Waals surface area (Å²) in [6, 6.07) is 4.90. The zero-order valence-corrected chi connectivity index (χ0v) is 11.5. The summed E-state index contributed by atoms with van der Waals surface area (Å²) in [5.74, 6) is -0.201. The molecule has 0 radical (unpaired) electrons. The molecule has 0 aliphatic heterocycles. The van der Waals surface area contributed by atoms with Crippen LogP contribution in [0.4, 0.5) is 0 Å². The van der Waals surface area contributed by atoms with Gasteiger partial charge in [-0.25, -0.2) is 0 Å². The van der Waals surface area contributed by atoms with E-state index in [4.69, 9.17) is 23.2 Å². The summed E-state index contributed by atoms with van der Waals surface area (Å²) >= 11 is 11.6. The monoisotopic (exact) mass is 261 g/mol. The fourth-order valence-electron chi connectivity index (χ4n) is 1.01. The van der Waals surface area contributed by atoms with E-state index < -0.39 is 0 Å². The van der Waals surface area contributed by atoms with Crippen LogP contribution in [0.25, 0.3) is 0 Å². The Morgan fingerprint density at radius 3 is 2.31 bits per heavy atom.